The molecule has 0 radical (unpaired) electrons. The van der Waals surface area contributed by atoms with Gasteiger partial charge in [0.05, 0.1) is 17.6 Å². The number of nitrogens with one attached hydrogen (secondary N) is 1. The van der Waals surface area contributed by atoms with Crippen molar-refractivity contribution in [1.82, 2.24) is 9.55 Å². The van der Waals surface area contributed by atoms with Crippen molar-refractivity contribution in [3.63, 3.8) is 0 Å². The molecular weight excluding hydrogens is 434 g/mol. The third-order valence-electron chi connectivity index (χ3n) is 4.81. The Labute approximate surface area is 189 Å². The van der Waals surface area contributed by atoms with Gasteiger partial charge in [-0.25, -0.2) is 9.59 Å². The number of hydrogen-bond donors (Lipinski definition) is 2. The van der Waals surface area contributed by atoms with E-state index in [9.17, 15) is 29.3 Å². The van der Waals surface area contributed by atoms with Gasteiger partial charge in [-0.15, -0.1) is 0 Å². The zero-order chi connectivity index (χ0) is 24.9. The molecule has 0 bridgehead atoms. The van der Waals surface area contributed by atoms with Crippen molar-refractivity contribution < 1.29 is 19.2 Å². The van der Waals surface area contributed by atoms with Crippen molar-refractivity contribution in [3.05, 3.63) is 60.3 Å². The summed E-state index contributed by atoms with van der Waals surface area (Å²) in [5, 5.41) is 11.4. The van der Waals surface area contributed by atoms with Crippen LogP contribution in [0.2, 0.25) is 0 Å². The molecule has 12 nitrogen and oxygen atoms in total. The summed E-state index contributed by atoms with van der Waals surface area (Å²) in [6.07, 6.45) is 1.14. The molecule has 0 saturated heterocycles. The second-order valence-corrected chi connectivity index (χ2v) is 7.83. The van der Waals surface area contributed by atoms with Crippen LogP contribution in [0.1, 0.15) is 54.3 Å². The van der Waals surface area contributed by atoms with E-state index in [2.05, 4.69) is 9.72 Å². The molecule has 2 rings (SSSR count). The lowest BCUT2D eigenvalue weighted by molar-refractivity contribution is -0.384. The van der Waals surface area contributed by atoms with Crippen molar-refractivity contribution in [2.75, 3.05) is 24.3 Å². The van der Waals surface area contributed by atoms with E-state index < -0.39 is 33.7 Å². The second-order valence-electron chi connectivity index (χ2n) is 7.83. The number of carbonyl (C=O) groups excluding carboxylic acids is 2. The maximum atomic E-state index is 13.5. The predicted octanol–water partition coefficient (Wildman–Crippen LogP) is 1.92. The monoisotopic (exact) mass is 461 g/mol. The maximum Gasteiger partial charge on any atom is 0.338 e. The molecule has 0 saturated carbocycles. The van der Waals surface area contributed by atoms with Crippen molar-refractivity contribution in [1.29, 1.82) is 0 Å². The van der Waals surface area contributed by atoms with Crippen LogP contribution in [-0.4, -0.2) is 40.0 Å². The zero-order valence-corrected chi connectivity index (χ0v) is 18.9. The highest BCUT2D eigenvalue weighted by Crippen LogP contribution is 2.24. The number of unbranched alkanes of at least 4 members (excludes halogenated alkanes) is 1. The molecule has 1 amide bonds. The number of amides is 1. The highest BCUT2D eigenvalue weighted by atomic mass is 16.6. The predicted molar refractivity (Wildman–Crippen MR) is 122 cm³/mol. The Morgan fingerprint density at radius 3 is 2.42 bits per heavy atom. The van der Waals surface area contributed by atoms with Gasteiger partial charge in [-0.05, 0) is 18.4 Å². The molecule has 0 unspecified atom stereocenters. The summed E-state index contributed by atoms with van der Waals surface area (Å²) < 4.78 is 5.79. The summed E-state index contributed by atoms with van der Waals surface area (Å²) in [4.78, 5) is 64.3. The fourth-order valence-electron chi connectivity index (χ4n) is 3.25. The largest absolute Gasteiger partial charge is 0.465 e. The number of nitro benzene ring substituents is 1. The minimum Gasteiger partial charge on any atom is -0.465 e. The number of nitrogens with zero attached hydrogens (tertiary/aromatic N) is 3. The lowest BCUT2D eigenvalue weighted by atomic mass is 10.1. The number of non-ortho nitro benzene ring substituents is 1. The van der Waals surface area contributed by atoms with Gasteiger partial charge in [0.1, 0.15) is 5.82 Å². The maximum absolute atomic E-state index is 13.5. The van der Waals surface area contributed by atoms with Crippen LogP contribution in [0.3, 0.4) is 0 Å². The lowest BCUT2D eigenvalue weighted by Gasteiger charge is -2.25. The van der Waals surface area contributed by atoms with Crippen LogP contribution < -0.4 is 21.9 Å². The van der Waals surface area contributed by atoms with Gasteiger partial charge in [0.15, 0.2) is 5.69 Å². The number of anilines is 2. The molecular formula is C21H27N5O7. The third kappa shape index (κ3) is 5.64. The standard InChI is InChI=1S/C21H27N5O7/c1-5-6-7-24(16-17(22)25(11-12(2)3)21(30)23-18(16)27)19(28)13-8-14(20(29)33-4)10-15(9-13)26(31)32/h8-10,12H,5-7,11,22H2,1-4H3,(H,23,27,30). The highest BCUT2D eigenvalue weighted by molar-refractivity contribution is 6.08. The number of H-pyrrole nitrogens is 1. The summed E-state index contributed by atoms with van der Waals surface area (Å²) >= 11 is 0. The first-order valence-corrected chi connectivity index (χ1v) is 10.3. The number of esters is 1. The Morgan fingerprint density at radius 2 is 1.88 bits per heavy atom. The van der Waals surface area contributed by atoms with Gasteiger partial charge in [0, 0.05) is 30.8 Å². The summed E-state index contributed by atoms with van der Waals surface area (Å²) in [5.41, 5.74) is 3.46. The number of nitrogens with two attached hydrogens (primary N) is 1. The molecule has 1 aromatic carbocycles. The Bertz CT molecular complexity index is 1180. The van der Waals surface area contributed by atoms with Gasteiger partial charge in [0.2, 0.25) is 0 Å². The molecule has 12 heteroatoms. The number of ether oxygens (including phenoxy) is 1. The number of methoxy groups -OCH3 is 1. The number of aromatic amines is 1. The number of hydrogen-bond acceptors (Lipinski definition) is 8. The average molecular weight is 461 g/mol. The molecule has 33 heavy (non-hydrogen) atoms. The molecule has 0 atom stereocenters. The molecule has 2 aromatic rings. The van der Waals surface area contributed by atoms with E-state index in [0.717, 1.165) is 30.2 Å². The van der Waals surface area contributed by atoms with E-state index in [1.165, 1.54) is 4.57 Å². The average Bonchev–Trinajstić information content (AvgIpc) is 2.77. The number of nitrogen functional groups attached to an aromatic ring is 1. The van der Waals surface area contributed by atoms with E-state index >= 15 is 0 Å². The Hall–Kier alpha value is -3.96. The van der Waals surface area contributed by atoms with Gasteiger partial charge in [-0.2, -0.15) is 0 Å². The molecule has 1 heterocycles. The van der Waals surface area contributed by atoms with E-state index in [0.29, 0.717) is 12.8 Å². The Balaban J connectivity index is 2.73. The van der Waals surface area contributed by atoms with Gasteiger partial charge in [-0.1, -0.05) is 27.2 Å². The van der Waals surface area contributed by atoms with Crippen LogP contribution >= 0.6 is 0 Å². The molecule has 0 fully saturated rings. The van der Waals surface area contributed by atoms with Crippen molar-refractivity contribution in [3.8, 4) is 0 Å². The highest BCUT2D eigenvalue weighted by Gasteiger charge is 2.27. The fraction of sp³-hybridized carbons (Fsp3) is 0.429. The summed E-state index contributed by atoms with van der Waals surface area (Å²) in [6, 6.07) is 3.14. The van der Waals surface area contributed by atoms with E-state index in [1.54, 1.807) is 0 Å². The summed E-state index contributed by atoms with van der Waals surface area (Å²) in [6.45, 7) is 5.84. The van der Waals surface area contributed by atoms with E-state index in [-0.39, 0.29) is 41.6 Å². The summed E-state index contributed by atoms with van der Waals surface area (Å²) in [7, 11) is 1.11. The topological polar surface area (TPSA) is 171 Å². The van der Waals surface area contributed by atoms with Crippen molar-refractivity contribution in [2.24, 2.45) is 5.92 Å². The van der Waals surface area contributed by atoms with Gasteiger partial charge in [-0.3, -0.25) is 29.3 Å². The molecule has 3 N–H and O–H groups in total. The molecule has 0 aliphatic carbocycles. The number of carbonyl (C=O) groups is 2. The number of benzene rings is 1. The zero-order valence-electron chi connectivity index (χ0n) is 18.9. The van der Waals surface area contributed by atoms with Crippen LogP contribution in [0.15, 0.2) is 27.8 Å². The first-order valence-electron chi connectivity index (χ1n) is 10.3. The minimum atomic E-state index is -0.865. The van der Waals surface area contributed by atoms with Crippen molar-refractivity contribution >= 4 is 29.1 Å². The number of nitro groups is 1. The van der Waals surface area contributed by atoms with Crippen LogP contribution in [0.4, 0.5) is 17.2 Å². The van der Waals surface area contributed by atoms with Gasteiger partial charge in [0.25, 0.3) is 17.2 Å². The van der Waals surface area contributed by atoms with Crippen LogP contribution in [-0.2, 0) is 11.3 Å². The fourth-order valence-corrected chi connectivity index (χ4v) is 3.25. The SMILES string of the molecule is CCCCN(C(=O)c1cc(C(=O)OC)cc([N+](=O)[O-])c1)c1c(N)n(CC(C)C)c(=O)[nH]c1=O. The van der Waals surface area contributed by atoms with Crippen LogP contribution in [0, 0.1) is 16.0 Å². The second kappa shape index (κ2) is 10.6. The molecule has 0 aliphatic rings. The first-order chi connectivity index (χ1) is 15.5. The first kappa shape index (κ1) is 25.3. The van der Waals surface area contributed by atoms with E-state index in [4.69, 9.17) is 5.73 Å². The van der Waals surface area contributed by atoms with Crippen LogP contribution in [0.5, 0.6) is 0 Å². The summed E-state index contributed by atoms with van der Waals surface area (Å²) in [5.74, 6) is -1.83. The quantitative estimate of drug-likeness (QED) is 0.324. The number of rotatable bonds is 9. The van der Waals surface area contributed by atoms with Gasteiger partial charge < -0.3 is 15.4 Å². The minimum absolute atomic E-state index is 0.0166. The smallest absolute Gasteiger partial charge is 0.338 e. The lowest BCUT2D eigenvalue weighted by Crippen LogP contribution is -2.42. The van der Waals surface area contributed by atoms with Crippen LogP contribution in [0.25, 0.3) is 0 Å². The van der Waals surface area contributed by atoms with E-state index in [1.807, 2.05) is 20.8 Å². The Morgan fingerprint density at radius 1 is 1.24 bits per heavy atom. The third-order valence-corrected chi connectivity index (χ3v) is 4.81. The number of aromatic nitrogens is 2. The molecule has 178 valence electrons. The normalized spacial score (nSPS) is 10.8. The molecule has 0 spiro atoms. The van der Waals surface area contributed by atoms with Crippen molar-refractivity contribution in [2.45, 2.75) is 40.2 Å². The Kier molecular flexibility index (Phi) is 8.10. The van der Waals surface area contributed by atoms with Gasteiger partial charge >= 0.3 is 11.7 Å². The molecule has 1 aromatic heterocycles. The molecule has 0 aliphatic heterocycles.